The second-order valence-electron chi connectivity index (χ2n) is 5.28. The Morgan fingerprint density at radius 3 is 2.81 bits per heavy atom. The van der Waals surface area contributed by atoms with Crippen LogP contribution in [0.2, 0.25) is 0 Å². The highest BCUT2D eigenvalue weighted by Gasteiger charge is 2.11. The summed E-state index contributed by atoms with van der Waals surface area (Å²) in [6, 6.07) is 6.18. The quantitative estimate of drug-likeness (QED) is 0.753. The molecule has 0 saturated heterocycles. The fraction of sp³-hybridized carbons (Fsp3) is 0.562. The second-order valence-corrected chi connectivity index (χ2v) is 5.28. The SMILES string of the molecule is CCC(C)NC(=O)CCNCc1ccc2c(c1)OCCO2. The van der Waals surface area contributed by atoms with Crippen LogP contribution in [0.5, 0.6) is 11.5 Å². The number of fused-ring (bicyclic) bond motifs is 1. The molecule has 5 heteroatoms. The molecule has 0 spiro atoms. The Kier molecular flexibility index (Phi) is 5.87. The van der Waals surface area contributed by atoms with Crippen molar-refractivity contribution in [2.45, 2.75) is 39.3 Å². The molecular formula is C16H24N2O3. The third-order valence-corrected chi connectivity index (χ3v) is 3.48. The lowest BCUT2D eigenvalue weighted by Crippen LogP contribution is -2.33. The molecule has 0 saturated carbocycles. The van der Waals surface area contributed by atoms with Crippen molar-refractivity contribution in [2.24, 2.45) is 0 Å². The number of ether oxygens (including phenoxy) is 2. The van der Waals surface area contributed by atoms with E-state index in [2.05, 4.69) is 17.6 Å². The first-order valence-corrected chi connectivity index (χ1v) is 7.57. The molecule has 0 aromatic heterocycles. The normalized spacial score (nSPS) is 14.6. The van der Waals surface area contributed by atoms with Gasteiger partial charge in [0, 0.05) is 25.6 Å². The lowest BCUT2D eigenvalue weighted by molar-refractivity contribution is -0.121. The topological polar surface area (TPSA) is 59.6 Å². The lowest BCUT2D eigenvalue weighted by atomic mass is 10.2. The van der Waals surface area contributed by atoms with Crippen LogP contribution >= 0.6 is 0 Å². The van der Waals surface area contributed by atoms with E-state index < -0.39 is 0 Å². The zero-order valence-corrected chi connectivity index (χ0v) is 12.8. The Morgan fingerprint density at radius 2 is 2.05 bits per heavy atom. The van der Waals surface area contributed by atoms with Gasteiger partial charge in [-0.15, -0.1) is 0 Å². The number of carbonyl (C=O) groups excluding carboxylic acids is 1. The second kappa shape index (κ2) is 7.88. The molecule has 2 N–H and O–H groups in total. The Morgan fingerprint density at radius 1 is 1.29 bits per heavy atom. The van der Waals surface area contributed by atoms with Gasteiger partial charge in [0.2, 0.25) is 5.91 Å². The third kappa shape index (κ3) is 4.93. The molecule has 1 atom stereocenters. The summed E-state index contributed by atoms with van der Waals surface area (Å²) in [4.78, 5) is 11.6. The lowest BCUT2D eigenvalue weighted by Gasteiger charge is -2.19. The summed E-state index contributed by atoms with van der Waals surface area (Å²) in [5.41, 5.74) is 1.13. The van der Waals surface area contributed by atoms with Gasteiger partial charge in [-0.05, 0) is 31.0 Å². The monoisotopic (exact) mass is 292 g/mol. The summed E-state index contributed by atoms with van der Waals surface area (Å²) < 4.78 is 11.0. The average molecular weight is 292 g/mol. The van der Waals surface area contributed by atoms with E-state index in [1.54, 1.807) is 0 Å². The van der Waals surface area contributed by atoms with Gasteiger partial charge in [0.05, 0.1) is 0 Å². The van der Waals surface area contributed by atoms with Gasteiger partial charge in [0.25, 0.3) is 0 Å². The van der Waals surface area contributed by atoms with Crippen LogP contribution in [-0.4, -0.2) is 31.7 Å². The number of nitrogens with one attached hydrogen (secondary N) is 2. The van der Waals surface area contributed by atoms with Crippen LogP contribution in [0.3, 0.4) is 0 Å². The molecule has 1 amide bonds. The zero-order valence-electron chi connectivity index (χ0n) is 12.8. The number of rotatable bonds is 7. The summed E-state index contributed by atoms with van der Waals surface area (Å²) >= 11 is 0. The molecule has 116 valence electrons. The molecule has 1 heterocycles. The average Bonchev–Trinajstić information content (AvgIpc) is 2.51. The summed E-state index contributed by atoms with van der Waals surface area (Å²) in [5, 5.41) is 6.23. The van der Waals surface area contributed by atoms with Crippen molar-refractivity contribution in [2.75, 3.05) is 19.8 Å². The Hall–Kier alpha value is -1.75. The van der Waals surface area contributed by atoms with Crippen LogP contribution in [-0.2, 0) is 11.3 Å². The van der Waals surface area contributed by atoms with Crippen molar-refractivity contribution < 1.29 is 14.3 Å². The van der Waals surface area contributed by atoms with Crippen LogP contribution in [0.15, 0.2) is 18.2 Å². The highest BCUT2D eigenvalue weighted by molar-refractivity contribution is 5.76. The molecule has 0 bridgehead atoms. The molecule has 2 rings (SSSR count). The van der Waals surface area contributed by atoms with Gasteiger partial charge in [0.1, 0.15) is 13.2 Å². The van der Waals surface area contributed by atoms with Crippen molar-refractivity contribution in [3.63, 3.8) is 0 Å². The zero-order chi connectivity index (χ0) is 15.1. The number of hydrogen-bond donors (Lipinski definition) is 2. The van der Waals surface area contributed by atoms with E-state index in [1.807, 2.05) is 25.1 Å². The summed E-state index contributed by atoms with van der Waals surface area (Å²) in [6.07, 6.45) is 1.45. The van der Waals surface area contributed by atoms with Gasteiger partial charge in [-0.2, -0.15) is 0 Å². The highest BCUT2D eigenvalue weighted by atomic mass is 16.6. The van der Waals surface area contributed by atoms with Gasteiger partial charge in [-0.3, -0.25) is 4.79 Å². The van der Waals surface area contributed by atoms with E-state index in [0.29, 0.717) is 32.7 Å². The van der Waals surface area contributed by atoms with Crippen molar-refractivity contribution in [1.82, 2.24) is 10.6 Å². The van der Waals surface area contributed by atoms with Crippen molar-refractivity contribution in [3.05, 3.63) is 23.8 Å². The number of amides is 1. The fourth-order valence-electron chi connectivity index (χ4n) is 2.08. The number of hydrogen-bond acceptors (Lipinski definition) is 4. The minimum Gasteiger partial charge on any atom is -0.486 e. The molecule has 0 fully saturated rings. The van der Waals surface area contributed by atoms with Gasteiger partial charge >= 0.3 is 0 Å². The first-order valence-electron chi connectivity index (χ1n) is 7.57. The fourth-order valence-corrected chi connectivity index (χ4v) is 2.08. The van der Waals surface area contributed by atoms with E-state index in [4.69, 9.17) is 9.47 Å². The predicted octanol–water partition coefficient (Wildman–Crippen LogP) is 1.85. The molecule has 1 aromatic rings. The van der Waals surface area contributed by atoms with E-state index in [-0.39, 0.29) is 11.9 Å². The van der Waals surface area contributed by atoms with Crippen LogP contribution in [0.25, 0.3) is 0 Å². The number of benzene rings is 1. The van der Waals surface area contributed by atoms with Crippen LogP contribution in [0.4, 0.5) is 0 Å². The molecule has 5 nitrogen and oxygen atoms in total. The third-order valence-electron chi connectivity index (χ3n) is 3.48. The van der Waals surface area contributed by atoms with Crippen molar-refractivity contribution >= 4 is 5.91 Å². The van der Waals surface area contributed by atoms with Gasteiger partial charge in [0.15, 0.2) is 11.5 Å². The molecule has 1 aliphatic heterocycles. The van der Waals surface area contributed by atoms with Crippen molar-refractivity contribution in [3.8, 4) is 11.5 Å². The maximum atomic E-state index is 11.6. The smallest absolute Gasteiger partial charge is 0.221 e. The Labute approximate surface area is 126 Å². The van der Waals surface area contributed by atoms with E-state index in [1.165, 1.54) is 0 Å². The summed E-state index contributed by atoms with van der Waals surface area (Å²) in [5.74, 6) is 1.70. The maximum Gasteiger partial charge on any atom is 0.221 e. The molecule has 1 aliphatic rings. The predicted molar refractivity (Wildman–Crippen MR) is 81.7 cm³/mol. The van der Waals surface area contributed by atoms with Gasteiger partial charge < -0.3 is 20.1 Å². The van der Waals surface area contributed by atoms with Crippen molar-refractivity contribution in [1.29, 1.82) is 0 Å². The van der Waals surface area contributed by atoms with Crippen LogP contribution < -0.4 is 20.1 Å². The molecule has 21 heavy (non-hydrogen) atoms. The van der Waals surface area contributed by atoms with Gasteiger partial charge in [-0.1, -0.05) is 13.0 Å². The standard InChI is InChI=1S/C16H24N2O3/c1-3-12(2)18-16(19)6-7-17-11-13-4-5-14-15(10-13)21-9-8-20-14/h4-5,10,12,17H,3,6-9,11H2,1-2H3,(H,18,19). The molecule has 0 aliphatic carbocycles. The molecule has 1 aromatic carbocycles. The van der Waals surface area contributed by atoms with Crippen LogP contribution in [0, 0.1) is 0 Å². The minimum atomic E-state index is 0.0963. The maximum absolute atomic E-state index is 11.6. The first-order chi connectivity index (χ1) is 10.2. The number of carbonyl (C=O) groups is 1. The molecule has 1 unspecified atom stereocenters. The van der Waals surface area contributed by atoms with Gasteiger partial charge in [-0.25, -0.2) is 0 Å². The van der Waals surface area contributed by atoms with E-state index in [9.17, 15) is 4.79 Å². The molecular weight excluding hydrogens is 268 g/mol. The largest absolute Gasteiger partial charge is 0.486 e. The summed E-state index contributed by atoms with van der Waals surface area (Å²) in [7, 11) is 0. The Bertz CT molecular complexity index is 477. The minimum absolute atomic E-state index is 0.0963. The molecule has 0 radical (unpaired) electrons. The van der Waals surface area contributed by atoms with Crippen LogP contribution in [0.1, 0.15) is 32.3 Å². The first kappa shape index (κ1) is 15.6. The highest BCUT2D eigenvalue weighted by Crippen LogP contribution is 2.30. The summed E-state index contributed by atoms with van der Waals surface area (Å²) in [6.45, 7) is 6.66. The Balaban J connectivity index is 1.70. The van der Waals surface area contributed by atoms with E-state index in [0.717, 1.165) is 23.5 Å². The van der Waals surface area contributed by atoms with E-state index >= 15 is 0 Å².